The van der Waals surface area contributed by atoms with Crippen molar-refractivity contribution < 1.29 is 0 Å². The van der Waals surface area contributed by atoms with Crippen molar-refractivity contribution in [1.29, 1.82) is 0 Å². The molecule has 78 valence electrons. The third-order valence-corrected chi connectivity index (χ3v) is 2.80. The Morgan fingerprint density at radius 2 is 1.93 bits per heavy atom. The molecule has 0 bridgehead atoms. The molecule has 0 aliphatic carbocycles. The highest BCUT2D eigenvalue weighted by Gasteiger charge is 2.08. The number of fused-ring (bicyclic) bond motifs is 1. The normalized spacial score (nSPS) is 11.2. The van der Waals surface area contributed by atoms with E-state index < -0.39 is 0 Å². The van der Waals surface area contributed by atoms with E-state index in [1.165, 1.54) is 5.56 Å². The molecule has 0 aliphatic rings. The summed E-state index contributed by atoms with van der Waals surface area (Å²) in [6.45, 7) is 6.26. The van der Waals surface area contributed by atoms with Crippen LogP contribution in [0.2, 0.25) is 0 Å². The zero-order chi connectivity index (χ0) is 11.0. The van der Waals surface area contributed by atoms with Crippen molar-refractivity contribution in [1.82, 2.24) is 4.98 Å². The van der Waals surface area contributed by atoms with E-state index in [4.69, 9.17) is 0 Å². The van der Waals surface area contributed by atoms with Crippen molar-refractivity contribution >= 4 is 10.8 Å². The number of rotatable bonds is 1. The van der Waals surface area contributed by atoms with Crippen LogP contribution >= 0.6 is 0 Å². The molecule has 1 N–H and O–H groups in total. The molecule has 2 aromatic rings. The van der Waals surface area contributed by atoms with Gasteiger partial charge < -0.3 is 4.98 Å². The van der Waals surface area contributed by atoms with Gasteiger partial charge in [0.25, 0.3) is 5.56 Å². The zero-order valence-electron chi connectivity index (χ0n) is 9.29. The fourth-order valence-electron chi connectivity index (χ4n) is 2.00. The number of hydrogen-bond donors (Lipinski definition) is 1. The van der Waals surface area contributed by atoms with Gasteiger partial charge in [0, 0.05) is 6.20 Å². The van der Waals surface area contributed by atoms with E-state index in [0.29, 0.717) is 5.92 Å². The summed E-state index contributed by atoms with van der Waals surface area (Å²) < 4.78 is 0. The summed E-state index contributed by atoms with van der Waals surface area (Å²) >= 11 is 0. The number of aryl methyl sites for hydroxylation is 1. The van der Waals surface area contributed by atoms with Crippen LogP contribution in [0.15, 0.2) is 29.2 Å². The molecule has 1 aromatic carbocycles. The Morgan fingerprint density at radius 1 is 1.20 bits per heavy atom. The van der Waals surface area contributed by atoms with Crippen LogP contribution in [0.25, 0.3) is 10.8 Å². The molecule has 1 heterocycles. The molecule has 0 spiro atoms. The summed E-state index contributed by atoms with van der Waals surface area (Å²) in [6.07, 6.45) is 1.72. The molecular weight excluding hydrogens is 186 g/mol. The Labute approximate surface area is 89.0 Å². The molecule has 0 radical (unpaired) electrons. The van der Waals surface area contributed by atoms with Crippen molar-refractivity contribution in [3.63, 3.8) is 0 Å². The zero-order valence-corrected chi connectivity index (χ0v) is 9.29. The Kier molecular flexibility index (Phi) is 2.35. The maximum Gasteiger partial charge on any atom is 0.256 e. The first-order valence-electron chi connectivity index (χ1n) is 5.22. The molecule has 2 nitrogen and oxygen atoms in total. The number of nitrogens with one attached hydrogen (secondary N) is 1. The number of hydrogen-bond acceptors (Lipinski definition) is 1. The highest BCUT2D eigenvalue weighted by Crippen LogP contribution is 2.25. The molecule has 0 aliphatic heterocycles. The summed E-state index contributed by atoms with van der Waals surface area (Å²) in [5.41, 5.74) is 2.28. The summed E-state index contributed by atoms with van der Waals surface area (Å²) in [4.78, 5) is 14.4. The fourth-order valence-corrected chi connectivity index (χ4v) is 2.00. The molecule has 0 amide bonds. The van der Waals surface area contributed by atoms with Crippen molar-refractivity contribution in [2.24, 2.45) is 0 Å². The van der Waals surface area contributed by atoms with Gasteiger partial charge >= 0.3 is 0 Å². The lowest BCUT2D eigenvalue weighted by Gasteiger charge is -2.10. The summed E-state index contributed by atoms with van der Waals surface area (Å²) in [7, 11) is 0. The van der Waals surface area contributed by atoms with Crippen molar-refractivity contribution in [3.05, 3.63) is 45.9 Å². The van der Waals surface area contributed by atoms with Gasteiger partial charge in [0.2, 0.25) is 0 Å². The van der Waals surface area contributed by atoms with Crippen LogP contribution in [0.4, 0.5) is 0 Å². The van der Waals surface area contributed by atoms with Crippen LogP contribution in [0.1, 0.15) is 30.9 Å². The molecule has 2 rings (SSSR count). The smallest absolute Gasteiger partial charge is 0.256 e. The first-order valence-corrected chi connectivity index (χ1v) is 5.22. The topological polar surface area (TPSA) is 32.9 Å². The third kappa shape index (κ3) is 1.56. The lowest BCUT2D eigenvalue weighted by molar-refractivity contribution is 0.875. The van der Waals surface area contributed by atoms with Gasteiger partial charge in [0.1, 0.15) is 0 Å². The average molecular weight is 201 g/mol. The second kappa shape index (κ2) is 3.54. The third-order valence-electron chi connectivity index (χ3n) is 2.80. The number of pyridine rings is 1. The van der Waals surface area contributed by atoms with Gasteiger partial charge in [-0.05, 0) is 35.4 Å². The molecule has 2 heteroatoms. The summed E-state index contributed by atoms with van der Waals surface area (Å²) in [5.74, 6) is 0.440. The van der Waals surface area contributed by atoms with Crippen LogP contribution in [0, 0.1) is 6.92 Å². The van der Waals surface area contributed by atoms with Crippen LogP contribution in [-0.4, -0.2) is 4.98 Å². The van der Waals surface area contributed by atoms with E-state index in [2.05, 4.69) is 24.9 Å². The number of aromatic nitrogens is 1. The molecule has 0 atom stereocenters. The van der Waals surface area contributed by atoms with E-state index >= 15 is 0 Å². The Bertz CT molecular complexity index is 552. The highest BCUT2D eigenvalue weighted by molar-refractivity contribution is 5.87. The minimum atomic E-state index is 0.00694. The number of aromatic amines is 1. The summed E-state index contributed by atoms with van der Waals surface area (Å²) in [6, 6.07) is 6.12. The maximum absolute atomic E-state index is 11.7. The highest BCUT2D eigenvalue weighted by atomic mass is 16.1. The first kappa shape index (κ1) is 9.97. The number of benzene rings is 1. The van der Waals surface area contributed by atoms with E-state index in [0.717, 1.165) is 16.3 Å². The van der Waals surface area contributed by atoms with E-state index in [1.807, 2.05) is 19.1 Å². The monoisotopic (exact) mass is 201 g/mol. The Morgan fingerprint density at radius 3 is 2.60 bits per heavy atom. The molecule has 15 heavy (non-hydrogen) atoms. The lowest BCUT2D eigenvalue weighted by atomic mass is 9.95. The quantitative estimate of drug-likeness (QED) is 0.756. The molecule has 0 unspecified atom stereocenters. The van der Waals surface area contributed by atoms with Gasteiger partial charge in [0.15, 0.2) is 0 Å². The molecule has 0 saturated carbocycles. The Hall–Kier alpha value is -1.57. The first-order chi connectivity index (χ1) is 7.11. The van der Waals surface area contributed by atoms with E-state index in [9.17, 15) is 4.79 Å². The lowest BCUT2D eigenvalue weighted by Crippen LogP contribution is -2.07. The van der Waals surface area contributed by atoms with E-state index in [-0.39, 0.29) is 5.56 Å². The minimum absolute atomic E-state index is 0.00694. The largest absolute Gasteiger partial charge is 0.329 e. The van der Waals surface area contributed by atoms with Crippen LogP contribution < -0.4 is 5.56 Å². The van der Waals surface area contributed by atoms with Crippen LogP contribution in [0.3, 0.4) is 0 Å². The standard InChI is InChI=1S/C13H15NO/c1-8(2)10-5-4-9(3)12-11(10)6-7-14-13(12)15/h4-8H,1-3H3,(H,14,15). The maximum atomic E-state index is 11.7. The SMILES string of the molecule is Cc1ccc(C(C)C)c2cc[nH]c(=O)c12. The van der Waals surface area contributed by atoms with Gasteiger partial charge in [-0.3, -0.25) is 4.79 Å². The minimum Gasteiger partial charge on any atom is -0.329 e. The van der Waals surface area contributed by atoms with Gasteiger partial charge in [-0.1, -0.05) is 26.0 Å². The second-order valence-corrected chi connectivity index (χ2v) is 4.22. The van der Waals surface area contributed by atoms with Gasteiger partial charge in [0.05, 0.1) is 5.39 Å². The number of H-pyrrole nitrogens is 1. The second-order valence-electron chi connectivity index (χ2n) is 4.22. The molecular formula is C13H15NO. The summed E-state index contributed by atoms with van der Waals surface area (Å²) in [5, 5.41) is 1.90. The van der Waals surface area contributed by atoms with Crippen LogP contribution in [0.5, 0.6) is 0 Å². The van der Waals surface area contributed by atoms with Gasteiger partial charge in [-0.25, -0.2) is 0 Å². The molecule has 0 fully saturated rings. The van der Waals surface area contributed by atoms with Crippen LogP contribution in [-0.2, 0) is 0 Å². The Balaban J connectivity index is 2.95. The van der Waals surface area contributed by atoms with Gasteiger partial charge in [-0.2, -0.15) is 0 Å². The van der Waals surface area contributed by atoms with Crippen molar-refractivity contribution in [2.45, 2.75) is 26.7 Å². The average Bonchev–Trinajstić information content (AvgIpc) is 2.17. The predicted octanol–water partition coefficient (Wildman–Crippen LogP) is 2.96. The van der Waals surface area contributed by atoms with Crippen molar-refractivity contribution in [3.8, 4) is 0 Å². The van der Waals surface area contributed by atoms with Crippen molar-refractivity contribution in [2.75, 3.05) is 0 Å². The van der Waals surface area contributed by atoms with Gasteiger partial charge in [-0.15, -0.1) is 0 Å². The van der Waals surface area contributed by atoms with E-state index in [1.54, 1.807) is 6.20 Å². The predicted molar refractivity (Wildman–Crippen MR) is 63.4 cm³/mol. The molecule has 1 aromatic heterocycles. The fraction of sp³-hybridized carbons (Fsp3) is 0.308. The molecule has 0 saturated heterocycles.